The van der Waals surface area contributed by atoms with Gasteiger partial charge in [-0.15, -0.1) is 0 Å². The van der Waals surface area contributed by atoms with E-state index in [0.29, 0.717) is 31.0 Å². The fraction of sp³-hybridized carbons (Fsp3) is 0.452. The van der Waals surface area contributed by atoms with Crippen LogP contribution >= 0.6 is 0 Å². The molecule has 2 heterocycles. The van der Waals surface area contributed by atoms with Gasteiger partial charge in [0.1, 0.15) is 23.2 Å². The Morgan fingerprint density at radius 1 is 0.973 bits per heavy atom. The van der Waals surface area contributed by atoms with Crippen molar-refractivity contribution in [2.24, 2.45) is 5.92 Å². The molecule has 5 rings (SSSR count). The van der Waals surface area contributed by atoms with Gasteiger partial charge < -0.3 is 14.7 Å². The molecule has 0 bridgehead atoms. The molecule has 37 heavy (non-hydrogen) atoms. The van der Waals surface area contributed by atoms with Crippen LogP contribution in [0.25, 0.3) is 10.8 Å². The Hall–Kier alpha value is -3.41. The number of nitrogens with zero attached hydrogens (tertiary/aromatic N) is 2. The second kappa shape index (κ2) is 10.2. The van der Waals surface area contributed by atoms with E-state index in [1.54, 1.807) is 6.07 Å². The second-order valence-electron chi connectivity index (χ2n) is 11.6. The van der Waals surface area contributed by atoms with Gasteiger partial charge in [0.15, 0.2) is 0 Å². The number of pyridine rings is 1. The summed E-state index contributed by atoms with van der Waals surface area (Å²) in [5, 5.41) is 11.5. The van der Waals surface area contributed by atoms with Crippen LogP contribution in [0, 0.1) is 5.92 Å². The van der Waals surface area contributed by atoms with Gasteiger partial charge >= 0.3 is 5.97 Å². The van der Waals surface area contributed by atoms with E-state index in [2.05, 4.69) is 32.9 Å². The van der Waals surface area contributed by atoms with Crippen LogP contribution in [-0.2, 0) is 16.6 Å². The van der Waals surface area contributed by atoms with Gasteiger partial charge in [-0.25, -0.2) is 9.78 Å². The number of likely N-dealkylation sites (tertiary alicyclic amines) is 1. The van der Waals surface area contributed by atoms with E-state index in [9.17, 15) is 14.7 Å². The number of hydrogen-bond acceptors (Lipinski definition) is 4. The summed E-state index contributed by atoms with van der Waals surface area (Å²) in [6.07, 6.45) is 6.80. The number of aromatic nitrogens is 1. The molecule has 0 unspecified atom stereocenters. The largest absolute Gasteiger partial charge is 0.480 e. The molecule has 1 saturated carbocycles. The van der Waals surface area contributed by atoms with Crippen molar-refractivity contribution < 1.29 is 19.4 Å². The van der Waals surface area contributed by atoms with Crippen molar-refractivity contribution in [1.29, 1.82) is 0 Å². The molecule has 6 nitrogen and oxygen atoms in total. The van der Waals surface area contributed by atoms with E-state index in [1.807, 2.05) is 30.3 Å². The summed E-state index contributed by atoms with van der Waals surface area (Å²) >= 11 is 0. The second-order valence-corrected chi connectivity index (χ2v) is 11.6. The zero-order chi connectivity index (χ0) is 26.2. The molecule has 0 radical (unpaired) electrons. The van der Waals surface area contributed by atoms with Crippen molar-refractivity contribution in [1.82, 2.24) is 9.88 Å². The van der Waals surface area contributed by atoms with E-state index in [0.717, 1.165) is 34.4 Å². The molecule has 1 aliphatic heterocycles. The Morgan fingerprint density at radius 3 is 2.35 bits per heavy atom. The van der Waals surface area contributed by atoms with Crippen LogP contribution in [0.15, 0.2) is 48.5 Å². The topological polar surface area (TPSA) is 79.7 Å². The first-order chi connectivity index (χ1) is 17.7. The number of carbonyl (C=O) groups is 2. The lowest BCUT2D eigenvalue weighted by Crippen LogP contribution is -2.40. The molecular weight excluding hydrogens is 464 g/mol. The predicted molar refractivity (Wildman–Crippen MR) is 144 cm³/mol. The maximum atomic E-state index is 13.4. The van der Waals surface area contributed by atoms with Crippen LogP contribution in [-0.4, -0.2) is 39.5 Å². The third-order valence-corrected chi connectivity index (χ3v) is 7.81. The van der Waals surface area contributed by atoms with Crippen LogP contribution in [0.2, 0.25) is 0 Å². The highest BCUT2D eigenvalue weighted by Crippen LogP contribution is 2.34. The van der Waals surface area contributed by atoms with Gasteiger partial charge in [0.25, 0.3) is 5.91 Å². The highest BCUT2D eigenvalue weighted by atomic mass is 16.5. The zero-order valence-electron chi connectivity index (χ0n) is 22.0. The minimum atomic E-state index is -0.949. The van der Waals surface area contributed by atoms with Gasteiger partial charge in [-0.3, -0.25) is 4.79 Å². The lowest BCUT2D eigenvalue weighted by Gasteiger charge is -2.22. The molecule has 1 amide bonds. The predicted octanol–water partition coefficient (Wildman–Crippen LogP) is 6.75. The van der Waals surface area contributed by atoms with E-state index in [4.69, 9.17) is 9.72 Å². The Balaban J connectivity index is 1.47. The summed E-state index contributed by atoms with van der Waals surface area (Å²) in [7, 11) is 0. The van der Waals surface area contributed by atoms with E-state index >= 15 is 0 Å². The van der Waals surface area contributed by atoms with Crippen molar-refractivity contribution in [3.05, 3.63) is 65.5 Å². The quantitative estimate of drug-likeness (QED) is 0.405. The molecule has 1 saturated heterocycles. The number of fused-ring (bicyclic) bond motifs is 1. The normalized spacial score (nSPS) is 18.5. The van der Waals surface area contributed by atoms with E-state index in [-0.39, 0.29) is 11.3 Å². The fourth-order valence-electron chi connectivity index (χ4n) is 5.69. The molecule has 1 N–H and O–H groups in total. The van der Waals surface area contributed by atoms with Crippen LogP contribution in [0.5, 0.6) is 11.5 Å². The molecule has 0 spiro atoms. The standard InChI is InChI=1S/C31H36N2O4/c1-31(2,3)22-11-14-23(15-12-22)37-24-13-10-21-18-27(29(34)33-16-6-9-28(33)30(35)36)32-26(25(21)19-24)17-20-7-4-5-8-20/h10-15,18-20,28H,4-9,16-17H2,1-3H3,(H,35,36)/t28-/m0/s1. The smallest absolute Gasteiger partial charge is 0.326 e. The number of carboxylic acid groups (broad SMARTS) is 1. The Labute approximate surface area is 218 Å². The van der Waals surface area contributed by atoms with Crippen molar-refractivity contribution in [3.63, 3.8) is 0 Å². The maximum absolute atomic E-state index is 13.4. The van der Waals surface area contributed by atoms with Crippen molar-refractivity contribution >= 4 is 22.6 Å². The summed E-state index contributed by atoms with van der Waals surface area (Å²) in [5.41, 5.74) is 2.56. The number of amides is 1. The average Bonchev–Trinajstić information content (AvgIpc) is 3.56. The minimum absolute atomic E-state index is 0.0803. The van der Waals surface area contributed by atoms with Crippen molar-refractivity contribution in [3.8, 4) is 11.5 Å². The molecule has 1 atom stereocenters. The highest BCUT2D eigenvalue weighted by Gasteiger charge is 2.35. The van der Waals surface area contributed by atoms with Gasteiger partial charge in [0.05, 0.1) is 0 Å². The van der Waals surface area contributed by atoms with Crippen LogP contribution in [0.4, 0.5) is 0 Å². The number of benzene rings is 2. The molecule has 1 aliphatic carbocycles. The van der Waals surface area contributed by atoms with Crippen molar-refractivity contribution in [2.75, 3.05) is 6.54 Å². The monoisotopic (exact) mass is 500 g/mol. The first-order valence-corrected chi connectivity index (χ1v) is 13.4. The molecule has 2 aromatic carbocycles. The number of rotatable bonds is 6. The molecule has 194 valence electrons. The summed E-state index contributed by atoms with van der Waals surface area (Å²) < 4.78 is 6.21. The van der Waals surface area contributed by atoms with Crippen LogP contribution in [0.3, 0.4) is 0 Å². The Kier molecular flexibility index (Phi) is 6.93. The zero-order valence-corrected chi connectivity index (χ0v) is 22.0. The van der Waals surface area contributed by atoms with Gasteiger partial charge in [0.2, 0.25) is 0 Å². The summed E-state index contributed by atoms with van der Waals surface area (Å²) in [6.45, 7) is 7.02. The number of carboxylic acids is 1. The lowest BCUT2D eigenvalue weighted by molar-refractivity contribution is -0.141. The Bertz CT molecular complexity index is 1300. The number of aliphatic carboxylic acids is 1. The number of carbonyl (C=O) groups excluding carboxylic acids is 1. The fourth-order valence-corrected chi connectivity index (χ4v) is 5.69. The molecule has 6 heteroatoms. The summed E-state index contributed by atoms with van der Waals surface area (Å²) in [4.78, 5) is 31.4. The molecule has 3 aromatic rings. The third-order valence-electron chi connectivity index (χ3n) is 7.81. The van der Waals surface area contributed by atoms with Gasteiger partial charge in [-0.2, -0.15) is 0 Å². The van der Waals surface area contributed by atoms with Gasteiger partial charge in [0, 0.05) is 17.6 Å². The lowest BCUT2D eigenvalue weighted by atomic mass is 9.87. The van der Waals surface area contributed by atoms with Gasteiger partial charge in [-0.1, -0.05) is 64.7 Å². The molecular formula is C31H36N2O4. The molecule has 2 aliphatic rings. The number of hydrogen-bond donors (Lipinski definition) is 1. The molecule has 1 aromatic heterocycles. The first-order valence-electron chi connectivity index (χ1n) is 13.4. The third kappa shape index (κ3) is 5.48. The first kappa shape index (κ1) is 25.2. The van der Waals surface area contributed by atoms with Crippen molar-refractivity contribution in [2.45, 2.75) is 77.2 Å². The highest BCUT2D eigenvalue weighted by molar-refractivity contribution is 5.99. The van der Waals surface area contributed by atoms with E-state index < -0.39 is 12.0 Å². The SMILES string of the molecule is CC(C)(C)c1ccc(Oc2ccc3cc(C(=O)N4CCC[C@H]4C(=O)O)nc(CC4CCCC4)c3c2)cc1. The maximum Gasteiger partial charge on any atom is 0.326 e. The average molecular weight is 501 g/mol. The number of ether oxygens (including phenoxy) is 1. The van der Waals surface area contributed by atoms with Crippen LogP contribution in [0.1, 0.15) is 81.0 Å². The summed E-state index contributed by atoms with van der Waals surface area (Å²) in [6, 6.07) is 15.1. The molecule has 2 fully saturated rings. The minimum Gasteiger partial charge on any atom is -0.480 e. The van der Waals surface area contributed by atoms with Crippen LogP contribution < -0.4 is 4.74 Å². The van der Waals surface area contributed by atoms with E-state index in [1.165, 1.54) is 36.1 Å². The van der Waals surface area contributed by atoms with Gasteiger partial charge in [-0.05, 0) is 71.9 Å². The summed E-state index contributed by atoms with van der Waals surface area (Å²) in [5.74, 6) is 0.816. The Morgan fingerprint density at radius 2 is 1.68 bits per heavy atom.